The molecule has 7 nitrogen and oxygen atoms in total. The number of hydrogen-bond acceptors (Lipinski definition) is 5. The van der Waals surface area contributed by atoms with Crippen LogP contribution in [0.2, 0.25) is 0 Å². The van der Waals surface area contributed by atoms with Crippen LogP contribution < -0.4 is 5.32 Å². The average molecular weight is 545 g/mol. The maximum Gasteiger partial charge on any atom is 0.253 e. The Balaban J connectivity index is 1.20. The zero-order valence-electron chi connectivity index (χ0n) is 22.3. The molecule has 0 radical (unpaired) electrons. The van der Waals surface area contributed by atoms with Crippen molar-refractivity contribution in [2.75, 3.05) is 13.1 Å². The Morgan fingerprint density at radius 2 is 1.62 bits per heavy atom. The van der Waals surface area contributed by atoms with E-state index in [1.165, 1.54) is 18.2 Å². The molecule has 0 bridgehead atoms. The number of nitrogens with one attached hydrogen (secondary N) is 1. The average Bonchev–Trinajstić information content (AvgIpc) is 3.63. The van der Waals surface area contributed by atoms with Crippen molar-refractivity contribution in [3.63, 3.8) is 0 Å². The second-order valence-corrected chi connectivity index (χ2v) is 10.9. The fourth-order valence-corrected chi connectivity index (χ4v) is 5.87. The van der Waals surface area contributed by atoms with Crippen molar-refractivity contribution in [1.82, 2.24) is 20.4 Å². The van der Waals surface area contributed by atoms with Gasteiger partial charge in [-0.3, -0.25) is 9.59 Å². The molecule has 6 rings (SSSR count). The molecule has 1 N–H and O–H groups in total. The Morgan fingerprint density at radius 1 is 0.925 bits per heavy atom. The van der Waals surface area contributed by atoms with Gasteiger partial charge in [0.2, 0.25) is 17.6 Å². The second-order valence-electron chi connectivity index (χ2n) is 10.9. The topological polar surface area (TPSA) is 88.3 Å². The fraction of sp³-hybridized carbons (Fsp3) is 0.355. The lowest BCUT2D eigenvalue weighted by atomic mass is 9.71. The van der Waals surface area contributed by atoms with Crippen LogP contribution in [0.15, 0.2) is 76.6 Å². The minimum atomic E-state index is -0.906. The lowest BCUT2D eigenvalue weighted by molar-refractivity contribution is -0.129. The molecule has 9 heteroatoms. The first-order chi connectivity index (χ1) is 19.3. The van der Waals surface area contributed by atoms with Gasteiger partial charge in [-0.25, -0.2) is 8.78 Å². The smallest absolute Gasteiger partial charge is 0.253 e. The summed E-state index contributed by atoms with van der Waals surface area (Å²) in [4.78, 5) is 33.4. The summed E-state index contributed by atoms with van der Waals surface area (Å²) in [6.45, 7) is 2.46. The number of nitrogens with zero attached hydrogens (tertiary/aromatic N) is 3. The van der Waals surface area contributed by atoms with Crippen molar-refractivity contribution in [3.8, 4) is 11.4 Å². The number of piperidine rings is 1. The van der Waals surface area contributed by atoms with E-state index in [0.29, 0.717) is 56.1 Å². The van der Waals surface area contributed by atoms with Crippen molar-refractivity contribution in [2.24, 2.45) is 0 Å². The summed E-state index contributed by atoms with van der Waals surface area (Å²) in [7, 11) is 0. The van der Waals surface area contributed by atoms with Gasteiger partial charge in [0.05, 0.1) is 11.0 Å². The van der Waals surface area contributed by atoms with Crippen LogP contribution >= 0.6 is 0 Å². The molecule has 3 aliphatic rings. The molecule has 2 aliphatic carbocycles. The Labute approximate surface area is 231 Å². The first-order valence-corrected chi connectivity index (χ1v) is 13.6. The van der Waals surface area contributed by atoms with Gasteiger partial charge in [-0.1, -0.05) is 35.5 Å². The number of likely N-dealkylation sites (tertiary alicyclic amines) is 1. The standard InChI is InChI=1S/C31H30F2N4O3/c1-20-34-27(36-40-20)21-2-4-22(5-3-21)28(38)37-18-16-30(17-19-37,23-6-10-25(32)11-7-23)29(39)35-31(14-15-31)24-8-12-26(33)13-9-24/h2-8,10-12H,9,13-19H2,1H3,(H,35,39). The Morgan fingerprint density at radius 3 is 2.20 bits per heavy atom. The van der Waals surface area contributed by atoms with Crippen LogP contribution in [0, 0.1) is 12.7 Å². The van der Waals surface area contributed by atoms with Crippen LogP contribution in [-0.4, -0.2) is 45.5 Å². The van der Waals surface area contributed by atoms with Gasteiger partial charge in [0.25, 0.3) is 5.91 Å². The normalized spacial score (nSPS) is 19.4. The maximum atomic E-state index is 14.0. The molecule has 2 amide bonds. The van der Waals surface area contributed by atoms with E-state index in [1.807, 2.05) is 0 Å². The van der Waals surface area contributed by atoms with Gasteiger partial charge in [0.15, 0.2) is 0 Å². The molecule has 2 heterocycles. The first-order valence-electron chi connectivity index (χ1n) is 13.6. The zero-order valence-corrected chi connectivity index (χ0v) is 22.3. The molecule has 206 valence electrons. The lowest BCUT2D eigenvalue weighted by Crippen LogP contribution is -2.55. The molecule has 1 saturated carbocycles. The molecular weight excluding hydrogens is 514 g/mol. The van der Waals surface area contributed by atoms with E-state index >= 15 is 0 Å². The van der Waals surface area contributed by atoms with E-state index in [0.717, 1.165) is 29.5 Å². The summed E-state index contributed by atoms with van der Waals surface area (Å²) < 4.78 is 32.5. The van der Waals surface area contributed by atoms with E-state index in [9.17, 15) is 18.4 Å². The summed E-state index contributed by atoms with van der Waals surface area (Å²) in [5.74, 6) is 0.161. The highest BCUT2D eigenvalue weighted by Crippen LogP contribution is 2.47. The number of amides is 2. The molecular formula is C31H30F2N4O3. The summed E-state index contributed by atoms with van der Waals surface area (Å²) in [5.41, 5.74) is 1.70. The summed E-state index contributed by atoms with van der Waals surface area (Å²) in [5, 5.41) is 7.21. The van der Waals surface area contributed by atoms with Gasteiger partial charge < -0.3 is 14.7 Å². The molecule has 40 heavy (non-hydrogen) atoms. The molecule has 1 saturated heterocycles. The third-order valence-corrected chi connectivity index (χ3v) is 8.47. The van der Waals surface area contributed by atoms with Crippen LogP contribution in [0.3, 0.4) is 0 Å². The molecule has 0 atom stereocenters. The van der Waals surface area contributed by atoms with Crippen molar-refractivity contribution >= 4 is 11.8 Å². The number of carbonyl (C=O) groups is 2. The van der Waals surface area contributed by atoms with Crippen LogP contribution in [-0.2, 0) is 10.2 Å². The highest BCUT2D eigenvalue weighted by Gasteiger charge is 2.52. The highest BCUT2D eigenvalue weighted by molar-refractivity contribution is 5.95. The number of allylic oxidation sites excluding steroid dienone is 3. The van der Waals surface area contributed by atoms with E-state index in [1.54, 1.807) is 54.3 Å². The van der Waals surface area contributed by atoms with Crippen molar-refractivity contribution < 1.29 is 22.9 Å². The van der Waals surface area contributed by atoms with Gasteiger partial charge >= 0.3 is 0 Å². The second kappa shape index (κ2) is 10.1. The number of halogens is 2. The third kappa shape index (κ3) is 4.85. The van der Waals surface area contributed by atoms with Gasteiger partial charge in [-0.2, -0.15) is 4.98 Å². The van der Waals surface area contributed by atoms with E-state index in [4.69, 9.17) is 4.52 Å². The first kappa shape index (κ1) is 26.1. The Bertz CT molecular complexity index is 1500. The van der Waals surface area contributed by atoms with Gasteiger partial charge in [0.1, 0.15) is 11.6 Å². The SMILES string of the molecule is Cc1nc(-c2ccc(C(=O)N3CCC(C(=O)NC4(C5=CC=C(F)CC5)CC4)(c4ccc(F)cc4)CC3)cc2)no1. The van der Waals surface area contributed by atoms with E-state index in [-0.39, 0.29) is 23.5 Å². The third-order valence-electron chi connectivity index (χ3n) is 8.47. The molecule has 2 fully saturated rings. The zero-order chi connectivity index (χ0) is 27.9. The van der Waals surface area contributed by atoms with Crippen molar-refractivity contribution in [1.29, 1.82) is 0 Å². The van der Waals surface area contributed by atoms with Crippen molar-refractivity contribution in [2.45, 2.75) is 56.4 Å². The number of aryl methyl sites for hydroxylation is 1. The minimum Gasteiger partial charge on any atom is -0.346 e. The van der Waals surface area contributed by atoms with Crippen LogP contribution in [0.4, 0.5) is 8.78 Å². The van der Waals surface area contributed by atoms with Crippen LogP contribution in [0.5, 0.6) is 0 Å². The van der Waals surface area contributed by atoms with E-state index < -0.39 is 11.0 Å². The largest absolute Gasteiger partial charge is 0.346 e. The van der Waals surface area contributed by atoms with Crippen LogP contribution in [0.25, 0.3) is 11.4 Å². The monoisotopic (exact) mass is 544 g/mol. The fourth-order valence-electron chi connectivity index (χ4n) is 5.87. The molecule has 0 spiro atoms. The van der Waals surface area contributed by atoms with Crippen molar-refractivity contribution in [3.05, 3.63) is 94.9 Å². The Kier molecular flexibility index (Phi) is 6.60. The summed E-state index contributed by atoms with van der Waals surface area (Å²) >= 11 is 0. The molecule has 0 unspecified atom stereocenters. The number of benzene rings is 2. The predicted molar refractivity (Wildman–Crippen MR) is 144 cm³/mol. The number of carbonyl (C=O) groups excluding carboxylic acids is 2. The molecule has 3 aromatic rings. The van der Waals surface area contributed by atoms with Gasteiger partial charge in [-0.15, -0.1) is 0 Å². The Hall–Kier alpha value is -4.14. The minimum absolute atomic E-state index is 0.121. The summed E-state index contributed by atoms with van der Waals surface area (Å²) in [6, 6.07) is 13.1. The number of aromatic nitrogens is 2. The van der Waals surface area contributed by atoms with E-state index in [2.05, 4.69) is 15.5 Å². The van der Waals surface area contributed by atoms with Crippen LogP contribution in [0.1, 0.15) is 60.3 Å². The quantitative estimate of drug-likeness (QED) is 0.438. The van der Waals surface area contributed by atoms with Gasteiger partial charge in [0, 0.05) is 37.6 Å². The highest BCUT2D eigenvalue weighted by atomic mass is 19.1. The summed E-state index contributed by atoms with van der Waals surface area (Å²) in [6.07, 6.45) is 6.63. The molecule has 1 aromatic heterocycles. The number of hydrogen-bond donors (Lipinski definition) is 1. The molecule has 1 aliphatic heterocycles. The molecule has 2 aromatic carbocycles. The predicted octanol–water partition coefficient (Wildman–Crippen LogP) is 5.58. The number of rotatable bonds is 6. The lowest BCUT2D eigenvalue weighted by Gasteiger charge is -2.42. The maximum absolute atomic E-state index is 14.0. The van der Waals surface area contributed by atoms with Gasteiger partial charge in [-0.05, 0) is 73.6 Å².